The molecule has 0 radical (unpaired) electrons. The molecular formula is C15H22F2N2O3S. The number of halogens is 2. The van der Waals surface area contributed by atoms with Crippen LogP contribution in [0.15, 0.2) is 23.1 Å². The van der Waals surface area contributed by atoms with Crippen molar-refractivity contribution in [1.29, 1.82) is 0 Å². The number of hydrogen-bond acceptors (Lipinski definition) is 4. The average molecular weight is 348 g/mol. The molecule has 0 amide bonds. The number of benzene rings is 1. The average Bonchev–Trinajstić information content (AvgIpc) is 2.41. The third-order valence-corrected chi connectivity index (χ3v) is 5.03. The van der Waals surface area contributed by atoms with Gasteiger partial charge in [0, 0.05) is 25.7 Å². The largest absolute Gasteiger partial charge is 0.373 e. The van der Waals surface area contributed by atoms with Gasteiger partial charge in [-0.1, -0.05) is 0 Å². The molecule has 0 aromatic heterocycles. The predicted molar refractivity (Wildman–Crippen MR) is 82.6 cm³/mol. The molecule has 130 valence electrons. The lowest BCUT2D eigenvalue weighted by molar-refractivity contribution is -0.0679. The van der Waals surface area contributed by atoms with Gasteiger partial charge in [0.2, 0.25) is 10.0 Å². The standard InChI is InChI=1S/C15H22F2N2O3S/c1-11-9-19(10-12(2)22-11)5-3-4-18-23(20,21)15-7-13(16)6-14(17)8-15/h6-8,11-12,18H,3-5,9-10H2,1-2H3. The first-order valence-corrected chi connectivity index (χ1v) is 9.08. The topological polar surface area (TPSA) is 58.6 Å². The molecule has 1 fully saturated rings. The smallest absolute Gasteiger partial charge is 0.240 e. The van der Waals surface area contributed by atoms with Crippen molar-refractivity contribution in [3.05, 3.63) is 29.8 Å². The van der Waals surface area contributed by atoms with Crippen LogP contribution < -0.4 is 4.72 Å². The molecule has 1 aliphatic rings. The van der Waals surface area contributed by atoms with Gasteiger partial charge in [-0.15, -0.1) is 0 Å². The summed E-state index contributed by atoms with van der Waals surface area (Å²) in [5, 5.41) is 0. The number of nitrogens with one attached hydrogen (secondary N) is 1. The van der Waals surface area contributed by atoms with E-state index in [4.69, 9.17) is 4.74 Å². The molecule has 8 heteroatoms. The van der Waals surface area contributed by atoms with Gasteiger partial charge in [0.25, 0.3) is 0 Å². The molecule has 23 heavy (non-hydrogen) atoms. The van der Waals surface area contributed by atoms with Gasteiger partial charge in [-0.2, -0.15) is 0 Å². The first-order valence-electron chi connectivity index (χ1n) is 7.60. The summed E-state index contributed by atoms with van der Waals surface area (Å²) < 4.78 is 58.3. The Labute approximate surface area is 135 Å². The molecule has 2 atom stereocenters. The Hall–Kier alpha value is -1.09. The van der Waals surface area contributed by atoms with E-state index in [0.29, 0.717) is 12.5 Å². The SMILES string of the molecule is CC1CN(CCCNS(=O)(=O)c2cc(F)cc(F)c2)CC(C)O1. The van der Waals surface area contributed by atoms with Gasteiger partial charge < -0.3 is 4.74 Å². The van der Waals surface area contributed by atoms with E-state index in [-0.39, 0.29) is 18.8 Å². The van der Waals surface area contributed by atoms with Gasteiger partial charge in [-0.05, 0) is 38.9 Å². The summed E-state index contributed by atoms with van der Waals surface area (Å²) in [4.78, 5) is 1.82. The van der Waals surface area contributed by atoms with E-state index in [9.17, 15) is 17.2 Å². The van der Waals surface area contributed by atoms with E-state index in [2.05, 4.69) is 9.62 Å². The van der Waals surface area contributed by atoms with Crippen LogP contribution >= 0.6 is 0 Å². The fraction of sp³-hybridized carbons (Fsp3) is 0.600. The zero-order valence-corrected chi connectivity index (χ0v) is 14.1. The normalized spacial score (nSPS) is 23.1. The third kappa shape index (κ3) is 5.49. The number of sulfonamides is 1. The fourth-order valence-corrected chi connectivity index (χ4v) is 3.86. The van der Waals surface area contributed by atoms with Crippen LogP contribution in [0.3, 0.4) is 0 Å². The minimum Gasteiger partial charge on any atom is -0.373 e. The van der Waals surface area contributed by atoms with Gasteiger partial charge in [0.05, 0.1) is 17.1 Å². The summed E-state index contributed by atoms with van der Waals surface area (Å²) in [7, 11) is -3.90. The van der Waals surface area contributed by atoms with Gasteiger partial charge in [0.1, 0.15) is 11.6 Å². The van der Waals surface area contributed by atoms with E-state index < -0.39 is 26.6 Å². The summed E-state index contributed by atoms with van der Waals surface area (Å²) in [6, 6.07) is 2.24. The van der Waals surface area contributed by atoms with Gasteiger partial charge in [-0.25, -0.2) is 21.9 Å². The van der Waals surface area contributed by atoms with Crippen molar-refractivity contribution >= 4 is 10.0 Å². The van der Waals surface area contributed by atoms with Crippen molar-refractivity contribution in [2.24, 2.45) is 0 Å². The van der Waals surface area contributed by atoms with Crippen LogP contribution in [0, 0.1) is 11.6 Å². The third-order valence-electron chi connectivity index (χ3n) is 3.58. The van der Waals surface area contributed by atoms with Crippen LogP contribution in [0.5, 0.6) is 0 Å². The summed E-state index contributed by atoms with van der Waals surface area (Å²) in [5.74, 6) is -1.83. The second-order valence-electron chi connectivity index (χ2n) is 5.87. The Morgan fingerprint density at radius 3 is 2.30 bits per heavy atom. The minimum atomic E-state index is -3.90. The maximum absolute atomic E-state index is 13.1. The summed E-state index contributed by atoms with van der Waals surface area (Å²) in [5.41, 5.74) is 0. The van der Waals surface area contributed by atoms with E-state index >= 15 is 0 Å². The predicted octanol–water partition coefficient (Wildman–Crippen LogP) is 1.74. The molecule has 2 unspecified atom stereocenters. The molecular weight excluding hydrogens is 326 g/mol. The molecule has 0 spiro atoms. The van der Waals surface area contributed by atoms with E-state index in [1.54, 1.807) is 0 Å². The molecule has 0 bridgehead atoms. The summed E-state index contributed by atoms with van der Waals surface area (Å²) in [6.07, 6.45) is 0.924. The number of morpholine rings is 1. The van der Waals surface area contributed by atoms with Crippen molar-refractivity contribution in [2.45, 2.75) is 37.4 Å². The molecule has 1 N–H and O–H groups in total. The van der Waals surface area contributed by atoms with E-state index in [1.165, 1.54) is 0 Å². The zero-order chi connectivity index (χ0) is 17.0. The molecule has 1 saturated heterocycles. The molecule has 0 aliphatic carbocycles. The van der Waals surface area contributed by atoms with Crippen molar-refractivity contribution in [1.82, 2.24) is 9.62 Å². The van der Waals surface area contributed by atoms with Gasteiger partial charge >= 0.3 is 0 Å². The number of ether oxygens (including phenoxy) is 1. The lowest BCUT2D eigenvalue weighted by atomic mass is 10.2. The summed E-state index contributed by atoms with van der Waals surface area (Å²) >= 11 is 0. The zero-order valence-electron chi connectivity index (χ0n) is 13.3. The number of nitrogens with zero attached hydrogens (tertiary/aromatic N) is 1. The Bertz CT molecular complexity index is 609. The molecule has 5 nitrogen and oxygen atoms in total. The first-order chi connectivity index (χ1) is 10.8. The van der Waals surface area contributed by atoms with Crippen LogP contribution in [-0.4, -0.2) is 51.7 Å². The second-order valence-corrected chi connectivity index (χ2v) is 7.64. The maximum atomic E-state index is 13.1. The van der Waals surface area contributed by atoms with Crippen LogP contribution in [0.25, 0.3) is 0 Å². The highest BCUT2D eigenvalue weighted by molar-refractivity contribution is 7.89. The van der Waals surface area contributed by atoms with Gasteiger partial charge in [0.15, 0.2) is 0 Å². The van der Waals surface area contributed by atoms with Crippen LogP contribution in [0.4, 0.5) is 8.78 Å². The molecule has 1 heterocycles. The Balaban J connectivity index is 1.83. The minimum absolute atomic E-state index is 0.158. The van der Waals surface area contributed by atoms with E-state index in [1.807, 2.05) is 13.8 Å². The van der Waals surface area contributed by atoms with Crippen LogP contribution in [-0.2, 0) is 14.8 Å². The van der Waals surface area contributed by atoms with E-state index in [0.717, 1.165) is 31.8 Å². The van der Waals surface area contributed by atoms with Crippen LogP contribution in [0.1, 0.15) is 20.3 Å². The molecule has 0 saturated carbocycles. The highest BCUT2D eigenvalue weighted by atomic mass is 32.2. The lowest BCUT2D eigenvalue weighted by Crippen LogP contribution is -2.46. The second kappa shape index (κ2) is 7.65. The van der Waals surface area contributed by atoms with Crippen LogP contribution in [0.2, 0.25) is 0 Å². The first kappa shape index (κ1) is 18.3. The van der Waals surface area contributed by atoms with Crippen molar-refractivity contribution in [2.75, 3.05) is 26.2 Å². The molecule has 1 aromatic carbocycles. The Kier molecular flexibility index (Phi) is 6.07. The maximum Gasteiger partial charge on any atom is 0.240 e. The number of rotatable bonds is 6. The van der Waals surface area contributed by atoms with Crippen molar-refractivity contribution in [3.63, 3.8) is 0 Å². The Morgan fingerprint density at radius 1 is 1.17 bits per heavy atom. The fourth-order valence-electron chi connectivity index (χ4n) is 2.74. The summed E-state index contributed by atoms with van der Waals surface area (Å²) in [6.45, 7) is 6.57. The lowest BCUT2D eigenvalue weighted by Gasteiger charge is -2.35. The van der Waals surface area contributed by atoms with Gasteiger partial charge in [-0.3, -0.25) is 4.90 Å². The van der Waals surface area contributed by atoms with Crippen molar-refractivity contribution in [3.8, 4) is 0 Å². The molecule has 1 aliphatic heterocycles. The highest BCUT2D eigenvalue weighted by Gasteiger charge is 2.22. The van der Waals surface area contributed by atoms with Crippen molar-refractivity contribution < 1.29 is 21.9 Å². The monoisotopic (exact) mass is 348 g/mol. The quantitative estimate of drug-likeness (QED) is 0.796. The number of hydrogen-bond donors (Lipinski definition) is 1. The molecule has 2 rings (SSSR count). The molecule has 1 aromatic rings. The Morgan fingerprint density at radius 2 is 1.74 bits per heavy atom. The highest BCUT2D eigenvalue weighted by Crippen LogP contribution is 2.14.